The molecule has 1 amide bonds. The third-order valence-corrected chi connectivity index (χ3v) is 7.91. The van der Waals surface area contributed by atoms with Gasteiger partial charge in [0.25, 0.3) is 5.91 Å². The molecule has 178 valence electrons. The lowest BCUT2D eigenvalue weighted by Gasteiger charge is -2.20. The summed E-state index contributed by atoms with van der Waals surface area (Å²) in [6.45, 7) is 0.307. The van der Waals surface area contributed by atoms with Gasteiger partial charge in [-0.2, -0.15) is 5.10 Å². The molecule has 0 aliphatic carbocycles. The number of nitrogens with zero attached hydrogens (tertiary/aromatic N) is 3. The zero-order valence-corrected chi connectivity index (χ0v) is 21.4. The van der Waals surface area contributed by atoms with Crippen molar-refractivity contribution in [2.75, 3.05) is 0 Å². The van der Waals surface area contributed by atoms with E-state index in [1.807, 2.05) is 53.7 Å². The van der Waals surface area contributed by atoms with E-state index in [0.717, 1.165) is 22.2 Å². The van der Waals surface area contributed by atoms with Crippen LogP contribution in [0.15, 0.2) is 106 Å². The Labute approximate surface area is 223 Å². The summed E-state index contributed by atoms with van der Waals surface area (Å²) < 4.78 is 5.92. The van der Waals surface area contributed by atoms with E-state index in [4.69, 9.17) is 33.3 Å². The van der Waals surface area contributed by atoms with Crippen LogP contribution in [-0.4, -0.2) is 25.8 Å². The molecular formula is C28H20ClN3O2S2. The highest BCUT2D eigenvalue weighted by atomic mass is 35.5. The normalized spacial score (nSPS) is 19.1. The van der Waals surface area contributed by atoms with E-state index in [-0.39, 0.29) is 11.9 Å². The van der Waals surface area contributed by atoms with Crippen LogP contribution in [0.1, 0.15) is 29.3 Å². The molecule has 0 radical (unpaired) electrons. The number of furan rings is 1. The Bertz CT molecular complexity index is 1530. The second kappa shape index (κ2) is 9.58. The molecule has 0 spiro atoms. The summed E-state index contributed by atoms with van der Waals surface area (Å²) in [5.41, 5.74) is 3.10. The van der Waals surface area contributed by atoms with Gasteiger partial charge >= 0.3 is 0 Å². The molecular weight excluding hydrogens is 510 g/mol. The number of hydrazone groups is 1. The number of benzene rings is 3. The molecule has 0 N–H and O–H groups in total. The van der Waals surface area contributed by atoms with E-state index in [1.165, 1.54) is 17.1 Å². The number of carbonyl (C=O) groups is 1. The van der Waals surface area contributed by atoms with E-state index >= 15 is 0 Å². The third-order valence-electron chi connectivity index (χ3n) is 6.30. The molecule has 1 atom stereocenters. The predicted molar refractivity (Wildman–Crippen MR) is 149 cm³/mol. The quantitative estimate of drug-likeness (QED) is 0.203. The highest BCUT2D eigenvalue weighted by Gasteiger charge is 2.35. The lowest BCUT2D eigenvalue weighted by atomic mass is 9.97. The fourth-order valence-corrected chi connectivity index (χ4v) is 5.80. The molecule has 2 aliphatic heterocycles. The van der Waals surface area contributed by atoms with Crippen molar-refractivity contribution in [3.05, 3.63) is 118 Å². The highest BCUT2D eigenvalue weighted by molar-refractivity contribution is 8.26. The molecule has 6 rings (SSSR count). The van der Waals surface area contributed by atoms with Gasteiger partial charge in [-0.15, -0.1) is 0 Å². The van der Waals surface area contributed by atoms with Crippen LogP contribution in [0.5, 0.6) is 0 Å². The maximum Gasteiger partial charge on any atom is 0.268 e. The Hall–Kier alpha value is -3.39. The molecule has 2 aliphatic rings. The predicted octanol–water partition coefficient (Wildman–Crippen LogP) is 7.14. The van der Waals surface area contributed by atoms with E-state index < -0.39 is 0 Å². The van der Waals surface area contributed by atoms with Gasteiger partial charge in [0.2, 0.25) is 0 Å². The number of thioether (sulfide) groups is 1. The summed E-state index contributed by atoms with van der Waals surface area (Å²) >= 11 is 12.9. The van der Waals surface area contributed by atoms with Crippen molar-refractivity contribution in [3.63, 3.8) is 0 Å². The Kier molecular flexibility index (Phi) is 6.13. The van der Waals surface area contributed by atoms with E-state index in [0.29, 0.717) is 33.0 Å². The zero-order chi connectivity index (χ0) is 24.6. The molecule has 8 heteroatoms. The fraction of sp³-hybridized carbons (Fsp3) is 0.107. The fourth-order valence-electron chi connectivity index (χ4n) is 4.45. The number of hydrogen-bond donors (Lipinski definition) is 0. The van der Waals surface area contributed by atoms with Crippen LogP contribution in [-0.2, 0) is 11.3 Å². The number of carbonyl (C=O) groups excluding carboxylic acids is 1. The van der Waals surface area contributed by atoms with Gasteiger partial charge in [0.05, 0.1) is 29.5 Å². The van der Waals surface area contributed by atoms with E-state index in [2.05, 4.69) is 30.3 Å². The van der Waals surface area contributed by atoms with Crippen molar-refractivity contribution in [1.29, 1.82) is 0 Å². The molecule has 1 unspecified atom stereocenters. The summed E-state index contributed by atoms with van der Waals surface area (Å²) in [4.78, 5) is 15.3. The largest absolute Gasteiger partial charge is 0.467 e. The molecule has 5 nitrogen and oxygen atoms in total. The number of rotatable bonds is 5. The Morgan fingerprint density at radius 3 is 2.64 bits per heavy atom. The van der Waals surface area contributed by atoms with Crippen LogP contribution in [0.3, 0.4) is 0 Å². The molecule has 3 aromatic carbocycles. The molecule has 4 aromatic rings. The van der Waals surface area contributed by atoms with Crippen molar-refractivity contribution in [2.24, 2.45) is 5.10 Å². The van der Waals surface area contributed by atoms with Gasteiger partial charge in [-0.05, 0) is 52.2 Å². The molecule has 1 aromatic heterocycles. The van der Waals surface area contributed by atoms with Crippen molar-refractivity contribution in [2.45, 2.75) is 19.0 Å². The lowest BCUT2D eigenvalue weighted by Crippen LogP contribution is -2.27. The van der Waals surface area contributed by atoms with Crippen LogP contribution in [0.25, 0.3) is 10.8 Å². The first kappa shape index (κ1) is 23.0. The van der Waals surface area contributed by atoms with Gasteiger partial charge in [0.15, 0.2) is 0 Å². The standard InChI is InChI=1S/C28H20ClN3O2S2/c29-22-11-9-19(10-12-22)25-15-24(21-8-7-18-4-1-2-5-20(18)14-21)30-32(25)17-26-27(33)31(28(35)36-26)16-23-6-3-13-34-23/h1-14,17,25H,15-16H2/b26-17-. The Morgan fingerprint density at radius 1 is 1.06 bits per heavy atom. The maximum atomic E-state index is 13.2. The summed E-state index contributed by atoms with van der Waals surface area (Å²) in [6, 6.07) is 26.0. The lowest BCUT2D eigenvalue weighted by molar-refractivity contribution is -0.122. The van der Waals surface area contributed by atoms with Crippen LogP contribution in [0.2, 0.25) is 5.02 Å². The third kappa shape index (κ3) is 4.46. The summed E-state index contributed by atoms with van der Waals surface area (Å²) in [7, 11) is 0. The monoisotopic (exact) mass is 529 g/mol. The zero-order valence-electron chi connectivity index (χ0n) is 19.0. The minimum Gasteiger partial charge on any atom is -0.467 e. The van der Waals surface area contributed by atoms with Crippen LogP contribution < -0.4 is 0 Å². The second-order valence-corrected chi connectivity index (χ2v) is 10.7. The second-order valence-electron chi connectivity index (χ2n) is 8.59. The van der Waals surface area contributed by atoms with Gasteiger partial charge in [0.1, 0.15) is 10.1 Å². The SMILES string of the molecule is O=C1/C(=C/N2N=C(c3ccc4ccccc4c3)CC2c2ccc(Cl)cc2)SC(=S)N1Cc1ccco1. The van der Waals surface area contributed by atoms with Crippen molar-refractivity contribution >= 4 is 62.3 Å². The van der Waals surface area contributed by atoms with Gasteiger partial charge in [-0.25, -0.2) is 0 Å². The number of halogens is 1. The van der Waals surface area contributed by atoms with Gasteiger partial charge in [-0.3, -0.25) is 14.7 Å². The Morgan fingerprint density at radius 2 is 1.86 bits per heavy atom. The molecule has 36 heavy (non-hydrogen) atoms. The van der Waals surface area contributed by atoms with Gasteiger partial charge in [0, 0.05) is 17.6 Å². The highest BCUT2D eigenvalue weighted by Crippen LogP contribution is 2.38. The topological polar surface area (TPSA) is 49.1 Å². The summed E-state index contributed by atoms with van der Waals surface area (Å²) in [5, 5.41) is 9.88. The molecule has 0 saturated carbocycles. The van der Waals surface area contributed by atoms with Crippen molar-refractivity contribution in [1.82, 2.24) is 9.91 Å². The van der Waals surface area contributed by atoms with Crippen LogP contribution in [0, 0.1) is 0 Å². The van der Waals surface area contributed by atoms with E-state index in [1.54, 1.807) is 17.2 Å². The number of hydrogen-bond acceptors (Lipinski definition) is 6. The number of amides is 1. The first-order chi connectivity index (χ1) is 17.5. The maximum absolute atomic E-state index is 13.2. The van der Waals surface area contributed by atoms with Gasteiger partial charge < -0.3 is 4.42 Å². The Balaban J connectivity index is 1.34. The molecule has 3 heterocycles. The summed E-state index contributed by atoms with van der Waals surface area (Å²) in [5.74, 6) is 0.537. The molecule has 1 saturated heterocycles. The van der Waals surface area contributed by atoms with Gasteiger partial charge in [-0.1, -0.05) is 84.1 Å². The average molecular weight is 530 g/mol. The van der Waals surface area contributed by atoms with Crippen molar-refractivity contribution < 1.29 is 9.21 Å². The van der Waals surface area contributed by atoms with Crippen LogP contribution in [0.4, 0.5) is 0 Å². The average Bonchev–Trinajstić information content (AvgIpc) is 3.62. The minimum atomic E-state index is -0.148. The molecule has 0 bridgehead atoms. The molecule has 1 fully saturated rings. The van der Waals surface area contributed by atoms with Crippen LogP contribution >= 0.6 is 35.6 Å². The smallest absolute Gasteiger partial charge is 0.268 e. The minimum absolute atomic E-state index is 0.0719. The van der Waals surface area contributed by atoms with E-state index in [9.17, 15) is 4.79 Å². The first-order valence-electron chi connectivity index (χ1n) is 11.4. The first-order valence-corrected chi connectivity index (χ1v) is 13.0. The summed E-state index contributed by atoms with van der Waals surface area (Å²) in [6.07, 6.45) is 4.10. The number of fused-ring (bicyclic) bond motifs is 1. The number of thiocarbonyl (C=S) groups is 1. The van der Waals surface area contributed by atoms with Crippen molar-refractivity contribution in [3.8, 4) is 0 Å².